The van der Waals surface area contributed by atoms with Crippen molar-refractivity contribution in [2.45, 2.75) is 0 Å². The summed E-state index contributed by atoms with van der Waals surface area (Å²) >= 11 is 0. The lowest BCUT2D eigenvalue weighted by Gasteiger charge is -2.04. The highest BCUT2D eigenvalue weighted by Gasteiger charge is 2.28. The Morgan fingerprint density at radius 2 is 1.78 bits per heavy atom. The average molecular weight is 427 g/mol. The van der Waals surface area contributed by atoms with Crippen LogP contribution in [0.5, 0.6) is 11.5 Å². The summed E-state index contributed by atoms with van der Waals surface area (Å²) in [6, 6.07) is 19.0. The Morgan fingerprint density at radius 1 is 1.00 bits per heavy atom. The minimum atomic E-state index is -0.674. The van der Waals surface area contributed by atoms with Gasteiger partial charge < -0.3 is 13.9 Å². The molecule has 0 atom stereocenters. The summed E-state index contributed by atoms with van der Waals surface area (Å²) in [6.45, 7) is 0. The maximum atomic E-state index is 12.6. The Kier molecular flexibility index (Phi) is 4.52. The number of nitro benzene ring substituents is 1. The third kappa shape index (κ3) is 3.50. The fourth-order valence-electron chi connectivity index (χ4n) is 3.31. The second-order valence-corrected chi connectivity index (χ2v) is 6.98. The fraction of sp³-hybridized carbons (Fsp3) is 0. The van der Waals surface area contributed by atoms with Gasteiger partial charge in [-0.3, -0.25) is 14.9 Å². The van der Waals surface area contributed by atoms with Crippen molar-refractivity contribution in [3.8, 4) is 11.5 Å². The number of allylic oxidation sites excluding steroid dienone is 1. The van der Waals surface area contributed by atoms with Crippen LogP contribution in [0.4, 0.5) is 5.69 Å². The van der Waals surface area contributed by atoms with E-state index in [0.29, 0.717) is 16.7 Å². The molecule has 1 aromatic heterocycles. The van der Waals surface area contributed by atoms with Gasteiger partial charge in [-0.25, -0.2) is 4.79 Å². The number of hydrogen-bond donors (Lipinski definition) is 0. The normalized spacial score (nSPS) is 13.8. The first-order chi connectivity index (χ1) is 15.5. The highest BCUT2D eigenvalue weighted by molar-refractivity contribution is 6.14. The first-order valence-electron chi connectivity index (χ1n) is 9.51. The number of para-hydroxylation sites is 1. The van der Waals surface area contributed by atoms with Crippen molar-refractivity contribution in [2.75, 3.05) is 0 Å². The Balaban J connectivity index is 1.35. The molecule has 8 heteroatoms. The smallest absolute Gasteiger partial charge is 0.379 e. The van der Waals surface area contributed by atoms with Crippen molar-refractivity contribution in [3.63, 3.8) is 0 Å². The van der Waals surface area contributed by atoms with Gasteiger partial charge in [-0.1, -0.05) is 18.2 Å². The van der Waals surface area contributed by atoms with E-state index in [9.17, 15) is 19.7 Å². The number of esters is 1. The zero-order valence-corrected chi connectivity index (χ0v) is 16.3. The third-order valence-corrected chi connectivity index (χ3v) is 4.88. The third-order valence-electron chi connectivity index (χ3n) is 4.88. The quantitative estimate of drug-likeness (QED) is 0.145. The summed E-state index contributed by atoms with van der Waals surface area (Å²) in [7, 11) is 0. The van der Waals surface area contributed by atoms with Crippen molar-refractivity contribution in [3.05, 3.63) is 106 Å². The fourth-order valence-corrected chi connectivity index (χ4v) is 3.31. The zero-order valence-electron chi connectivity index (χ0n) is 16.3. The molecular weight excluding hydrogens is 414 g/mol. The molecule has 4 aromatic rings. The molecule has 3 aromatic carbocycles. The molecule has 1 aliphatic rings. The van der Waals surface area contributed by atoms with Gasteiger partial charge in [0.1, 0.15) is 17.1 Å². The molecule has 0 saturated carbocycles. The van der Waals surface area contributed by atoms with E-state index in [1.54, 1.807) is 18.2 Å². The molecule has 0 fully saturated rings. The van der Waals surface area contributed by atoms with Crippen molar-refractivity contribution in [1.29, 1.82) is 0 Å². The molecule has 0 saturated heterocycles. The van der Waals surface area contributed by atoms with Gasteiger partial charge in [0.15, 0.2) is 5.76 Å². The summed E-state index contributed by atoms with van der Waals surface area (Å²) < 4.78 is 16.5. The largest absolute Gasteiger partial charge is 0.452 e. The van der Waals surface area contributed by atoms with E-state index in [1.807, 2.05) is 12.1 Å². The van der Waals surface area contributed by atoms with Gasteiger partial charge in [-0.05, 0) is 48.0 Å². The summed E-state index contributed by atoms with van der Waals surface area (Å²) in [4.78, 5) is 35.3. The van der Waals surface area contributed by atoms with E-state index < -0.39 is 10.9 Å². The molecule has 0 bridgehead atoms. The maximum absolute atomic E-state index is 12.6. The predicted octanol–water partition coefficient (Wildman–Crippen LogP) is 5.18. The highest BCUT2D eigenvalue weighted by atomic mass is 16.6. The van der Waals surface area contributed by atoms with Crippen LogP contribution in [-0.4, -0.2) is 16.7 Å². The SMILES string of the molecule is O=C(Oc1ccc2c(c1)O/C(=C\c1ccc([N+](=O)[O-])cc1)C2=O)c1cc2ccccc2o1. The second kappa shape index (κ2) is 7.51. The van der Waals surface area contributed by atoms with E-state index in [4.69, 9.17) is 13.9 Å². The monoisotopic (exact) mass is 427 g/mol. The molecule has 5 rings (SSSR count). The zero-order chi connectivity index (χ0) is 22.2. The molecule has 0 amide bonds. The number of rotatable bonds is 4. The van der Waals surface area contributed by atoms with Crippen LogP contribution in [0.1, 0.15) is 26.5 Å². The number of benzene rings is 3. The standard InChI is InChI=1S/C24H13NO7/c26-23-18-10-9-17(30-24(27)22-12-15-3-1-2-4-19(15)31-22)13-20(18)32-21(23)11-14-5-7-16(8-6-14)25(28)29/h1-13H/b21-11-. The topological polar surface area (TPSA) is 109 Å². The lowest BCUT2D eigenvalue weighted by molar-refractivity contribution is -0.384. The predicted molar refractivity (Wildman–Crippen MR) is 114 cm³/mol. The Bertz CT molecular complexity index is 1400. The van der Waals surface area contributed by atoms with Crippen molar-refractivity contribution in [1.82, 2.24) is 0 Å². The van der Waals surface area contributed by atoms with Crippen LogP contribution < -0.4 is 9.47 Å². The number of ether oxygens (including phenoxy) is 2. The van der Waals surface area contributed by atoms with E-state index in [-0.39, 0.29) is 34.5 Å². The summed E-state index contributed by atoms with van der Waals surface area (Å²) in [6.07, 6.45) is 1.49. The molecular formula is C24H13NO7. The number of Topliss-reactive ketones (excluding diaryl/α,β-unsaturated/α-hetero) is 1. The molecule has 8 nitrogen and oxygen atoms in total. The summed E-state index contributed by atoms with van der Waals surface area (Å²) in [5.41, 5.74) is 1.42. The molecule has 0 N–H and O–H groups in total. The van der Waals surface area contributed by atoms with E-state index in [1.165, 1.54) is 48.5 Å². The van der Waals surface area contributed by atoms with Crippen LogP contribution >= 0.6 is 0 Å². The highest BCUT2D eigenvalue weighted by Crippen LogP contribution is 2.35. The van der Waals surface area contributed by atoms with Crippen LogP contribution in [-0.2, 0) is 0 Å². The number of furan rings is 1. The van der Waals surface area contributed by atoms with E-state index in [2.05, 4.69) is 0 Å². The van der Waals surface area contributed by atoms with Crippen molar-refractivity contribution in [2.24, 2.45) is 0 Å². The number of fused-ring (bicyclic) bond motifs is 2. The molecule has 156 valence electrons. The molecule has 2 heterocycles. The first kappa shape index (κ1) is 19.3. The van der Waals surface area contributed by atoms with Gasteiger partial charge in [-0.15, -0.1) is 0 Å². The van der Waals surface area contributed by atoms with Gasteiger partial charge in [-0.2, -0.15) is 0 Å². The first-order valence-corrected chi connectivity index (χ1v) is 9.51. The average Bonchev–Trinajstić information content (AvgIpc) is 3.35. The van der Waals surface area contributed by atoms with Gasteiger partial charge in [0, 0.05) is 23.6 Å². The Morgan fingerprint density at radius 3 is 2.53 bits per heavy atom. The van der Waals surface area contributed by atoms with Crippen LogP contribution in [0, 0.1) is 10.1 Å². The number of nitrogens with zero attached hydrogens (tertiary/aromatic N) is 1. The second-order valence-electron chi connectivity index (χ2n) is 6.98. The van der Waals surface area contributed by atoms with Crippen LogP contribution in [0.25, 0.3) is 17.0 Å². The molecule has 0 radical (unpaired) electrons. The van der Waals surface area contributed by atoms with Crippen LogP contribution in [0.2, 0.25) is 0 Å². The number of hydrogen-bond acceptors (Lipinski definition) is 7. The lowest BCUT2D eigenvalue weighted by atomic mass is 10.1. The van der Waals surface area contributed by atoms with Gasteiger partial charge in [0.2, 0.25) is 11.5 Å². The minimum absolute atomic E-state index is 0.0509. The number of ketones is 1. The minimum Gasteiger partial charge on any atom is -0.452 e. The molecule has 0 aliphatic carbocycles. The molecule has 0 unspecified atom stereocenters. The Hall–Kier alpha value is -4.72. The van der Waals surface area contributed by atoms with Crippen molar-refractivity contribution >= 4 is 34.5 Å². The molecule has 1 aliphatic heterocycles. The number of carbonyl (C=O) groups is 2. The van der Waals surface area contributed by atoms with E-state index >= 15 is 0 Å². The van der Waals surface area contributed by atoms with Crippen molar-refractivity contribution < 1.29 is 28.4 Å². The van der Waals surface area contributed by atoms with Crippen LogP contribution in [0.15, 0.2) is 83.0 Å². The summed E-state index contributed by atoms with van der Waals surface area (Å²) in [5.74, 6) is -0.450. The van der Waals surface area contributed by atoms with E-state index in [0.717, 1.165) is 5.39 Å². The maximum Gasteiger partial charge on any atom is 0.379 e. The van der Waals surface area contributed by atoms with Crippen LogP contribution in [0.3, 0.4) is 0 Å². The number of carbonyl (C=O) groups excluding carboxylic acids is 2. The summed E-state index contributed by atoms with van der Waals surface area (Å²) in [5, 5.41) is 11.6. The molecule has 32 heavy (non-hydrogen) atoms. The van der Waals surface area contributed by atoms with Gasteiger partial charge in [0.05, 0.1) is 10.5 Å². The lowest BCUT2D eigenvalue weighted by Crippen LogP contribution is -2.07. The van der Waals surface area contributed by atoms with Gasteiger partial charge >= 0.3 is 5.97 Å². The number of non-ortho nitro benzene ring substituents is 1. The Labute approximate surface area is 180 Å². The molecule has 0 spiro atoms. The van der Waals surface area contributed by atoms with Gasteiger partial charge in [0.25, 0.3) is 5.69 Å². The number of nitro groups is 1.